The van der Waals surface area contributed by atoms with Crippen molar-refractivity contribution in [3.63, 3.8) is 0 Å². The molecule has 0 spiro atoms. The number of likely N-dealkylation sites (N-methyl/N-ethyl adjacent to an activating group) is 2. The first kappa shape index (κ1) is 15.6. The fourth-order valence-electron chi connectivity index (χ4n) is 2.23. The molecule has 3 N–H and O–H groups in total. The van der Waals surface area contributed by atoms with E-state index in [9.17, 15) is 9.18 Å². The highest BCUT2D eigenvalue weighted by Crippen LogP contribution is 2.22. The minimum atomic E-state index is -0.297. The lowest BCUT2D eigenvalue weighted by Gasteiger charge is -2.31. The van der Waals surface area contributed by atoms with Gasteiger partial charge in [-0.05, 0) is 38.6 Å². The van der Waals surface area contributed by atoms with E-state index in [1.54, 1.807) is 6.07 Å². The number of benzene rings is 1. The van der Waals surface area contributed by atoms with E-state index >= 15 is 0 Å². The van der Waals surface area contributed by atoms with E-state index in [1.807, 2.05) is 31.9 Å². The summed E-state index contributed by atoms with van der Waals surface area (Å²) >= 11 is 0. The summed E-state index contributed by atoms with van der Waals surface area (Å²) in [6.45, 7) is 4.54. The zero-order chi connectivity index (χ0) is 14.4. The Morgan fingerprint density at radius 1 is 1.53 bits per heavy atom. The van der Waals surface area contributed by atoms with E-state index < -0.39 is 0 Å². The number of rotatable bonds is 6. The van der Waals surface area contributed by atoms with Crippen molar-refractivity contribution in [1.82, 2.24) is 10.2 Å². The molecule has 19 heavy (non-hydrogen) atoms. The van der Waals surface area contributed by atoms with Crippen molar-refractivity contribution < 1.29 is 9.18 Å². The van der Waals surface area contributed by atoms with Gasteiger partial charge in [0.15, 0.2) is 0 Å². The van der Waals surface area contributed by atoms with Crippen LogP contribution in [0.3, 0.4) is 0 Å². The molecule has 1 rings (SSSR count). The minimum Gasteiger partial charge on any atom is -0.355 e. The quantitative estimate of drug-likeness (QED) is 0.816. The van der Waals surface area contributed by atoms with Gasteiger partial charge < -0.3 is 11.1 Å². The Labute approximate surface area is 113 Å². The largest absolute Gasteiger partial charge is 0.355 e. The molecule has 0 radical (unpaired) electrons. The van der Waals surface area contributed by atoms with Crippen LogP contribution in [0.5, 0.6) is 0 Å². The van der Waals surface area contributed by atoms with Crippen LogP contribution >= 0.6 is 0 Å². The van der Waals surface area contributed by atoms with Gasteiger partial charge in [0, 0.05) is 18.6 Å². The lowest BCUT2D eigenvalue weighted by Crippen LogP contribution is -2.42. The first-order valence-corrected chi connectivity index (χ1v) is 6.43. The average molecular weight is 267 g/mol. The molecule has 0 aliphatic rings. The maximum Gasteiger partial charge on any atom is 0.234 e. The normalized spacial score (nSPS) is 14.2. The Balaban J connectivity index is 2.85. The van der Waals surface area contributed by atoms with Crippen LogP contribution in [-0.4, -0.2) is 37.0 Å². The lowest BCUT2D eigenvalue weighted by atomic mass is 9.99. The van der Waals surface area contributed by atoms with Crippen LogP contribution in [0.1, 0.15) is 25.5 Å². The zero-order valence-electron chi connectivity index (χ0n) is 11.7. The average Bonchev–Trinajstić information content (AvgIpc) is 2.28. The maximum atomic E-state index is 13.3. The molecule has 0 aromatic heterocycles. The third-order valence-electron chi connectivity index (χ3n) is 2.93. The first-order valence-electron chi connectivity index (χ1n) is 6.43. The van der Waals surface area contributed by atoms with Gasteiger partial charge in [-0.25, -0.2) is 4.39 Å². The number of nitrogens with zero attached hydrogens (tertiary/aromatic N) is 1. The highest BCUT2D eigenvalue weighted by atomic mass is 19.1. The molecule has 0 aliphatic heterocycles. The summed E-state index contributed by atoms with van der Waals surface area (Å²) in [4.78, 5) is 13.4. The Morgan fingerprint density at radius 2 is 2.21 bits per heavy atom. The summed E-state index contributed by atoms with van der Waals surface area (Å²) in [5.41, 5.74) is 6.75. The number of carbonyl (C=O) groups excluding carboxylic acids is 1. The summed E-state index contributed by atoms with van der Waals surface area (Å²) in [6.07, 6.45) is 0. The van der Waals surface area contributed by atoms with Crippen molar-refractivity contribution in [2.75, 3.05) is 20.1 Å². The van der Waals surface area contributed by atoms with Crippen LogP contribution in [0, 0.1) is 5.82 Å². The molecule has 0 saturated heterocycles. The molecule has 0 heterocycles. The summed E-state index contributed by atoms with van der Waals surface area (Å²) in [5.74, 6) is -0.360. The van der Waals surface area contributed by atoms with Gasteiger partial charge in [0.25, 0.3) is 0 Å². The van der Waals surface area contributed by atoms with Gasteiger partial charge in [-0.15, -0.1) is 0 Å². The molecule has 106 valence electrons. The van der Waals surface area contributed by atoms with E-state index in [0.29, 0.717) is 6.54 Å². The molecular formula is C14H22FN3O. The van der Waals surface area contributed by atoms with Crippen LogP contribution in [0.2, 0.25) is 0 Å². The number of hydrogen-bond donors (Lipinski definition) is 2. The Hall–Kier alpha value is -1.46. The summed E-state index contributed by atoms with van der Waals surface area (Å²) in [5, 5.41) is 2.74. The van der Waals surface area contributed by atoms with E-state index in [-0.39, 0.29) is 30.4 Å². The summed E-state index contributed by atoms with van der Waals surface area (Å²) in [6, 6.07) is 5.93. The standard InChI is InChI=1S/C14H22FN3O/c1-4-17-13(19)9-18(3)14(10(2)16)11-6-5-7-12(15)8-11/h5-8,10,14H,4,9,16H2,1-3H3,(H,17,19). The topological polar surface area (TPSA) is 58.4 Å². The number of nitrogens with one attached hydrogen (secondary N) is 1. The SMILES string of the molecule is CCNC(=O)CN(C)C(c1cccc(F)c1)C(C)N. The van der Waals surface area contributed by atoms with E-state index in [2.05, 4.69) is 5.32 Å². The van der Waals surface area contributed by atoms with Crippen LogP contribution in [0.15, 0.2) is 24.3 Å². The summed E-state index contributed by atoms with van der Waals surface area (Å²) < 4.78 is 13.3. The Morgan fingerprint density at radius 3 is 2.74 bits per heavy atom. The van der Waals surface area contributed by atoms with Crippen molar-refractivity contribution in [1.29, 1.82) is 0 Å². The molecule has 0 bridgehead atoms. The zero-order valence-corrected chi connectivity index (χ0v) is 11.7. The third-order valence-corrected chi connectivity index (χ3v) is 2.93. The van der Waals surface area contributed by atoms with Crippen LogP contribution in [0.4, 0.5) is 4.39 Å². The fraction of sp³-hybridized carbons (Fsp3) is 0.500. The third kappa shape index (κ3) is 4.61. The Bertz CT molecular complexity index is 423. The monoisotopic (exact) mass is 267 g/mol. The molecule has 1 amide bonds. The van der Waals surface area contributed by atoms with Crippen molar-refractivity contribution in [2.45, 2.75) is 25.9 Å². The van der Waals surface area contributed by atoms with Gasteiger partial charge in [0.05, 0.1) is 6.54 Å². The fourth-order valence-corrected chi connectivity index (χ4v) is 2.23. The van der Waals surface area contributed by atoms with Crippen molar-refractivity contribution in [2.24, 2.45) is 5.73 Å². The van der Waals surface area contributed by atoms with Crippen molar-refractivity contribution in [3.05, 3.63) is 35.6 Å². The molecule has 0 saturated carbocycles. The van der Waals surface area contributed by atoms with Gasteiger partial charge in [-0.2, -0.15) is 0 Å². The van der Waals surface area contributed by atoms with Crippen LogP contribution in [0.25, 0.3) is 0 Å². The predicted octanol–water partition coefficient (Wildman–Crippen LogP) is 1.28. The maximum absolute atomic E-state index is 13.3. The molecular weight excluding hydrogens is 245 g/mol. The van der Waals surface area contributed by atoms with Gasteiger partial charge in [0.2, 0.25) is 5.91 Å². The smallest absolute Gasteiger partial charge is 0.234 e. The van der Waals surface area contributed by atoms with Gasteiger partial charge in [-0.3, -0.25) is 9.69 Å². The highest BCUT2D eigenvalue weighted by Gasteiger charge is 2.23. The van der Waals surface area contributed by atoms with E-state index in [4.69, 9.17) is 5.73 Å². The lowest BCUT2D eigenvalue weighted by molar-refractivity contribution is -0.122. The van der Waals surface area contributed by atoms with Gasteiger partial charge in [-0.1, -0.05) is 12.1 Å². The second-order valence-corrected chi connectivity index (χ2v) is 4.73. The number of amides is 1. The van der Waals surface area contributed by atoms with Crippen molar-refractivity contribution in [3.8, 4) is 0 Å². The number of carbonyl (C=O) groups is 1. The van der Waals surface area contributed by atoms with Crippen LogP contribution in [-0.2, 0) is 4.79 Å². The first-order chi connectivity index (χ1) is 8.95. The molecule has 2 atom stereocenters. The second-order valence-electron chi connectivity index (χ2n) is 4.73. The molecule has 1 aromatic rings. The number of halogens is 1. The molecule has 2 unspecified atom stereocenters. The molecule has 0 aliphatic carbocycles. The molecule has 1 aromatic carbocycles. The molecule has 0 fully saturated rings. The van der Waals surface area contributed by atoms with Crippen LogP contribution < -0.4 is 11.1 Å². The Kier molecular flexibility index (Phi) is 5.92. The van der Waals surface area contributed by atoms with Gasteiger partial charge >= 0.3 is 0 Å². The molecule has 4 nitrogen and oxygen atoms in total. The highest BCUT2D eigenvalue weighted by molar-refractivity contribution is 5.77. The second kappa shape index (κ2) is 7.21. The number of hydrogen-bond acceptors (Lipinski definition) is 3. The molecule has 5 heteroatoms. The number of nitrogens with two attached hydrogens (primary N) is 1. The summed E-state index contributed by atoms with van der Waals surface area (Å²) in [7, 11) is 1.81. The van der Waals surface area contributed by atoms with Crippen molar-refractivity contribution >= 4 is 5.91 Å². The van der Waals surface area contributed by atoms with Gasteiger partial charge in [0.1, 0.15) is 5.82 Å². The minimum absolute atomic E-state index is 0.0629. The van der Waals surface area contributed by atoms with E-state index in [0.717, 1.165) is 5.56 Å². The van der Waals surface area contributed by atoms with E-state index in [1.165, 1.54) is 12.1 Å². The predicted molar refractivity (Wildman–Crippen MR) is 74.1 cm³/mol.